The highest BCUT2D eigenvalue weighted by Crippen LogP contribution is 2.29. The van der Waals surface area contributed by atoms with Crippen molar-refractivity contribution in [2.45, 2.75) is 32.0 Å². The first kappa shape index (κ1) is 17.8. The largest absolute Gasteiger partial charge is 0.416 e. The van der Waals surface area contributed by atoms with Crippen LogP contribution in [0.2, 0.25) is 0 Å². The molecule has 1 saturated heterocycles. The lowest BCUT2D eigenvalue weighted by atomic mass is 10.1. The number of anilines is 1. The van der Waals surface area contributed by atoms with Crippen molar-refractivity contribution in [3.8, 4) is 0 Å². The van der Waals surface area contributed by atoms with Gasteiger partial charge in [0.05, 0.1) is 5.56 Å². The Kier molecular flexibility index (Phi) is 4.54. The van der Waals surface area contributed by atoms with Gasteiger partial charge in [0.2, 0.25) is 5.91 Å². The summed E-state index contributed by atoms with van der Waals surface area (Å²) >= 11 is 0. The normalized spacial score (nSPS) is 17.0. The van der Waals surface area contributed by atoms with Crippen LogP contribution >= 0.6 is 0 Å². The van der Waals surface area contributed by atoms with Gasteiger partial charge in [-0.15, -0.1) is 0 Å². The van der Waals surface area contributed by atoms with Crippen LogP contribution in [-0.4, -0.2) is 34.8 Å². The molecule has 1 aliphatic heterocycles. The van der Waals surface area contributed by atoms with Crippen molar-refractivity contribution in [1.82, 2.24) is 10.2 Å². The zero-order valence-electron chi connectivity index (χ0n) is 13.0. The van der Waals surface area contributed by atoms with Crippen molar-refractivity contribution in [2.75, 3.05) is 11.9 Å². The van der Waals surface area contributed by atoms with Crippen LogP contribution < -0.4 is 10.6 Å². The van der Waals surface area contributed by atoms with Crippen LogP contribution in [0.4, 0.5) is 23.7 Å². The molecule has 24 heavy (non-hydrogen) atoms. The SMILES string of the molecule is CC1(C)NC(=O)N(CCC(=O)Nc2ccc(C(F)(F)F)cc2)C1=O. The summed E-state index contributed by atoms with van der Waals surface area (Å²) in [4.78, 5) is 36.4. The summed E-state index contributed by atoms with van der Waals surface area (Å²) in [5.74, 6) is -0.949. The van der Waals surface area contributed by atoms with Gasteiger partial charge in [0.25, 0.3) is 5.91 Å². The van der Waals surface area contributed by atoms with E-state index in [1.807, 2.05) is 0 Å². The molecule has 0 atom stereocenters. The standard InChI is InChI=1S/C15H16F3N3O3/c1-14(2)12(23)21(13(24)20-14)8-7-11(22)19-10-5-3-9(4-6-10)15(16,17)18/h3-6H,7-8H2,1-2H3,(H,19,22)(H,20,24). The molecule has 2 N–H and O–H groups in total. The van der Waals surface area contributed by atoms with E-state index in [1.165, 1.54) is 0 Å². The Morgan fingerprint density at radius 1 is 1.21 bits per heavy atom. The first-order valence-electron chi connectivity index (χ1n) is 7.12. The fourth-order valence-corrected chi connectivity index (χ4v) is 2.20. The summed E-state index contributed by atoms with van der Waals surface area (Å²) in [7, 11) is 0. The second kappa shape index (κ2) is 6.14. The topological polar surface area (TPSA) is 78.5 Å². The first-order valence-corrected chi connectivity index (χ1v) is 7.12. The maximum atomic E-state index is 12.4. The molecule has 0 spiro atoms. The molecule has 4 amide bonds. The number of hydrogen-bond donors (Lipinski definition) is 2. The van der Waals surface area contributed by atoms with E-state index in [-0.39, 0.29) is 18.7 Å². The summed E-state index contributed by atoms with van der Waals surface area (Å²) in [5.41, 5.74) is -1.63. The number of rotatable bonds is 4. The third-order valence-electron chi connectivity index (χ3n) is 3.50. The molecule has 2 rings (SSSR count). The highest BCUT2D eigenvalue weighted by atomic mass is 19.4. The van der Waals surface area contributed by atoms with Crippen molar-refractivity contribution in [2.24, 2.45) is 0 Å². The molecule has 0 radical (unpaired) electrons. The Hall–Kier alpha value is -2.58. The minimum Gasteiger partial charge on any atom is -0.326 e. The predicted molar refractivity (Wildman–Crippen MR) is 79.0 cm³/mol. The summed E-state index contributed by atoms with van der Waals surface area (Å²) in [6.07, 6.45) is -4.60. The molecule has 6 nitrogen and oxygen atoms in total. The Bertz CT molecular complexity index is 669. The van der Waals surface area contributed by atoms with Gasteiger partial charge in [-0.2, -0.15) is 13.2 Å². The number of imide groups is 1. The Balaban J connectivity index is 1.90. The fourth-order valence-electron chi connectivity index (χ4n) is 2.20. The average Bonchev–Trinajstić information content (AvgIpc) is 2.65. The zero-order valence-corrected chi connectivity index (χ0v) is 13.0. The van der Waals surface area contributed by atoms with Crippen molar-refractivity contribution in [1.29, 1.82) is 0 Å². The second-order valence-electron chi connectivity index (χ2n) is 5.89. The van der Waals surface area contributed by atoms with Crippen LogP contribution in [0.3, 0.4) is 0 Å². The number of hydrogen-bond acceptors (Lipinski definition) is 3. The minimum absolute atomic E-state index is 0.111. The van der Waals surface area contributed by atoms with Gasteiger partial charge in [-0.1, -0.05) is 0 Å². The van der Waals surface area contributed by atoms with E-state index in [0.29, 0.717) is 0 Å². The van der Waals surface area contributed by atoms with Gasteiger partial charge in [-0.3, -0.25) is 14.5 Å². The van der Waals surface area contributed by atoms with Crippen LogP contribution in [0.5, 0.6) is 0 Å². The highest BCUT2D eigenvalue weighted by molar-refractivity contribution is 6.06. The van der Waals surface area contributed by atoms with Gasteiger partial charge in [0, 0.05) is 18.7 Å². The van der Waals surface area contributed by atoms with Crippen molar-refractivity contribution in [3.05, 3.63) is 29.8 Å². The molecule has 0 saturated carbocycles. The van der Waals surface area contributed by atoms with Crippen LogP contribution in [0.25, 0.3) is 0 Å². The van der Waals surface area contributed by atoms with Crippen molar-refractivity contribution < 1.29 is 27.6 Å². The minimum atomic E-state index is -4.45. The molecular weight excluding hydrogens is 327 g/mol. The average molecular weight is 343 g/mol. The smallest absolute Gasteiger partial charge is 0.326 e. The number of carbonyl (C=O) groups excluding carboxylic acids is 3. The summed E-state index contributed by atoms with van der Waals surface area (Å²) < 4.78 is 37.3. The molecular formula is C15H16F3N3O3. The Morgan fingerprint density at radius 2 is 1.79 bits per heavy atom. The monoisotopic (exact) mass is 343 g/mol. The van der Waals surface area contributed by atoms with Gasteiger partial charge in [0.1, 0.15) is 5.54 Å². The number of carbonyl (C=O) groups is 3. The van der Waals surface area contributed by atoms with E-state index in [4.69, 9.17) is 0 Å². The lowest BCUT2D eigenvalue weighted by Gasteiger charge is -2.15. The van der Waals surface area contributed by atoms with E-state index < -0.39 is 35.1 Å². The highest BCUT2D eigenvalue weighted by Gasteiger charge is 2.44. The molecule has 0 unspecified atom stereocenters. The number of halogens is 3. The van der Waals surface area contributed by atoms with Gasteiger partial charge in [0.15, 0.2) is 0 Å². The molecule has 1 heterocycles. The maximum absolute atomic E-state index is 12.4. The summed E-state index contributed by atoms with van der Waals surface area (Å²) in [6.45, 7) is 2.99. The predicted octanol–water partition coefficient (Wildman–Crippen LogP) is 2.36. The second-order valence-corrected chi connectivity index (χ2v) is 5.89. The molecule has 1 fully saturated rings. The number of urea groups is 1. The number of nitrogens with one attached hydrogen (secondary N) is 2. The lowest BCUT2D eigenvalue weighted by molar-refractivity contribution is -0.137. The van der Waals surface area contributed by atoms with Gasteiger partial charge in [-0.25, -0.2) is 4.79 Å². The van der Waals surface area contributed by atoms with Crippen LogP contribution in [0, 0.1) is 0 Å². The molecule has 9 heteroatoms. The van der Waals surface area contributed by atoms with E-state index >= 15 is 0 Å². The maximum Gasteiger partial charge on any atom is 0.416 e. The lowest BCUT2D eigenvalue weighted by Crippen LogP contribution is -2.40. The third-order valence-corrected chi connectivity index (χ3v) is 3.50. The molecule has 0 bridgehead atoms. The van der Waals surface area contributed by atoms with E-state index in [0.717, 1.165) is 29.2 Å². The first-order chi connectivity index (χ1) is 11.0. The Labute approximate surface area is 136 Å². The van der Waals surface area contributed by atoms with Crippen molar-refractivity contribution >= 4 is 23.5 Å². The molecule has 0 aliphatic carbocycles. The van der Waals surface area contributed by atoms with E-state index in [2.05, 4.69) is 10.6 Å². The quantitative estimate of drug-likeness (QED) is 0.824. The Morgan fingerprint density at radius 3 is 2.25 bits per heavy atom. The van der Waals surface area contributed by atoms with Gasteiger partial charge in [-0.05, 0) is 38.1 Å². The summed E-state index contributed by atoms with van der Waals surface area (Å²) in [6, 6.07) is 3.41. The zero-order chi connectivity index (χ0) is 18.1. The fraction of sp³-hybridized carbons (Fsp3) is 0.400. The summed E-state index contributed by atoms with van der Waals surface area (Å²) in [5, 5.41) is 4.90. The number of alkyl halides is 3. The molecule has 1 aromatic rings. The molecule has 1 aliphatic rings. The number of benzene rings is 1. The molecule has 130 valence electrons. The molecule has 0 aromatic heterocycles. The van der Waals surface area contributed by atoms with Crippen molar-refractivity contribution in [3.63, 3.8) is 0 Å². The van der Waals surface area contributed by atoms with Gasteiger partial charge < -0.3 is 10.6 Å². The van der Waals surface area contributed by atoms with Gasteiger partial charge >= 0.3 is 12.2 Å². The number of nitrogens with zero attached hydrogens (tertiary/aromatic N) is 1. The molecule has 1 aromatic carbocycles. The van der Waals surface area contributed by atoms with Crippen LogP contribution in [0.1, 0.15) is 25.8 Å². The van der Waals surface area contributed by atoms with Crippen LogP contribution in [-0.2, 0) is 15.8 Å². The van der Waals surface area contributed by atoms with E-state index in [9.17, 15) is 27.6 Å². The third kappa shape index (κ3) is 3.84. The number of amides is 4. The van der Waals surface area contributed by atoms with E-state index in [1.54, 1.807) is 13.8 Å². The van der Waals surface area contributed by atoms with Crippen LogP contribution in [0.15, 0.2) is 24.3 Å².